The van der Waals surface area contributed by atoms with E-state index in [1.165, 1.54) is 0 Å². The van der Waals surface area contributed by atoms with Crippen LogP contribution >= 0.6 is 0 Å². The Labute approximate surface area is 122 Å². The summed E-state index contributed by atoms with van der Waals surface area (Å²) in [5, 5.41) is 5.75. The molecule has 1 aromatic rings. The third-order valence-electron chi connectivity index (χ3n) is 3.07. The van der Waals surface area contributed by atoms with Gasteiger partial charge in [0, 0.05) is 5.56 Å². The maximum absolute atomic E-state index is 13.0. The molecular formula is C14H21F3N2O2. The summed E-state index contributed by atoms with van der Waals surface area (Å²) in [5.41, 5.74) is 0.502. The van der Waals surface area contributed by atoms with Gasteiger partial charge >= 0.3 is 6.18 Å². The molecule has 7 heteroatoms. The van der Waals surface area contributed by atoms with Gasteiger partial charge in [-0.15, -0.1) is 0 Å². The SMILES string of the molecule is Cc1noc(C)c1CC(=O)NC(CC(C)(C)C)C(F)(F)F. The third kappa shape index (κ3) is 5.40. The molecule has 0 spiro atoms. The van der Waals surface area contributed by atoms with E-state index >= 15 is 0 Å². The molecule has 1 heterocycles. The zero-order valence-corrected chi connectivity index (χ0v) is 12.9. The lowest BCUT2D eigenvalue weighted by molar-refractivity contribution is -0.166. The van der Waals surface area contributed by atoms with Crippen LogP contribution < -0.4 is 5.32 Å². The van der Waals surface area contributed by atoms with Gasteiger partial charge in [-0.3, -0.25) is 4.79 Å². The van der Waals surface area contributed by atoms with Gasteiger partial charge in [0.1, 0.15) is 11.8 Å². The molecule has 0 aliphatic carbocycles. The standard InChI is InChI=1S/C14H21F3N2O2/c1-8-10(9(2)21-19-8)6-12(20)18-11(14(15,16)17)7-13(3,4)5/h11H,6-7H2,1-5H3,(H,18,20). The number of halogens is 3. The van der Waals surface area contributed by atoms with Gasteiger partial charge in [0.15, 0.2) is 0 Å². The molecule has 0 aliphatic heterocycles. The molecule has 1 atom stereocenters. The fraction of sp³-hybridized carbons (Fsp3) is 0.714. The maximum atomic E-state index is 13.0. The number of hydrogen-bond acceptors (Lipinski definition) is 3. The molecule has 0 saturated heterocycles. The van der Waals surface area contributed by atoms with Gasteiger partial charge < -0.3 is 9.84 Å². The maximum Gasteiger partial charge on any atom is 0.408 e. The summed E-state index contributed by atoms with van der Waals surface area (Å²) in [5.74, 6) is -0.238. The highest BCUT2D eigenvalue weighted by Gasteiger charge is 2.42. The number of amides is 1. The Hall–Kier alpha value is -1.53. The second-order valence-electron chi connectivity index (χ2n) is 6.41. The van der Waals surface area contributed by atoms with Gasteiger partial charge in [-0.25, -0.2) is 0 Å². The summed E-state index contributed by atoms with van der Waals surface area (Å²) in [7, 11) is 0. The normalized spacial score (nSPS) is 14.1. The lowest BCUT2D eigenvalue weighted by Crippen LogP contribution is -2.47. The van der Waals surface area contributed by atoms with Crippen LogP contribution in [0.4, 0.5) is 13.2 Å². The van der Waals surface area contributed by atoms with E-state index in [0.29, 0.717) is 17.0 Å². The van der Waals surface area contributed by atoms with Crippen molar-refractivity contribution in [1.29, 1.82) is 0 Å². The predicted octanol–water partition coefficient (Wildman–Crippen LogP) is 3.32. The van der Waals surface area contributed by atoms with Crippen molar-refractivity contribution in [2.75, 3.05) is 0 Å². The summed E-state index contributed by atoms with van der Waals surface area (Å²) in [4.78, 5) is 11.9. The van der Waals surface area contributed by atoms with Crippen LogP contribution in [-0.4, -0.2) is 23.3 Å². The van der Waals surface area contributed by atoms with E-state index in [1.54, 1.807) is 34.6 Å². The number of nitrogens with zero attached hydrogens (tertiary/aromatic N) is 1. The highest BCUT2D eigenvalue weighted by molar-refractivity contribution is 5.79. The number of nitrogens with one attached hydrogen (secondary N) is 1. The van der Waals surface area contributed by atoms with E-state index in [9.17, 15) is 18.0 Å². The van der Waals surface area contributed by atoms with E-state index in [-0.39, 0.29) is 12.8 Å². The number of carbonyl (C=O) groups excluding carboxylic acids is 1. The predicted molar refractivity (Wildman–Crippen MR) is 71.7 cm³/mol. The Bertz CT molecular complexity index is 482. The van der Waals surface area contributed by atoms with Crippen molar-refractivity contribution >= 4 is 5.91 Å². The minimum absolute atomic E-state index is 0.169. The lowest BCUT2D eigenvalue weighted by Gasteiger charge is -2.28. The second-order valence-corrected chi connectivity index (χ2v) is 6.41. The van der Waals surface area contributed by atoms with Crippen LogP contribution in [0.1, 0.15) is 44.2 Å². The number of hydrogen-bond donors (Lipinski definition) is 1. The quantitative estimate of drug-likeness (QED) is 0.928. The minimum atomic E-state index is -4.47. The molecule has 1 amide bonds. The van der Waals surface area contributed by atoms with Crippen molar-refractivity contribution in [2.45, 2.75) is 59.7 Å². The lowest BCUT2D eigenvalue weighted by atomic mass is 9.87. The monoisotopic (exact) mass is 306 g/mol. The number of rotatable bonds is 4. The third-order valence-corrected chi connectivity index (χ3v) is 3.07. The van der Waals surface area contributed by atoms with Crippen LogP contribution in [0.15, 0.2) is 4.52 Å². The Balaban J connectivity index is 2.78. The fourth-order valence-corrected chi connectivity index (χ4v) is 2.02. The summed E-state index contributed by atoms with van der Waals surface area (Å²) in [6.07, 6.45) is -4.82. The smallest absolute Gasteiger partial charge is 0.361 e. The minimum Gasteiger partial charge on any atom is -0.361 e. The average molecular weight is 306 g/mol. The largest absolute Gasteiger partial charge is 0.408 e. The van der Waals surface area contributed by atoms with Crippen molar-refractivity contribution in [3.05, 3.63) is 17.0 Å². The van der Waals surface area contributed by atoms with Crippen LogP contribution in [0.5, 0.6) is 0 Å². The van der Waals surface area contributed by atoms with Crippen LogP contribution in [0, 0.1) is 19.3 Å². The summed E-state index contributed by atoms with van der Waals surface area (Å²) in [6.45, 7) is 8.37. The fourth-order valence-electron chi connectivity index (χ4n) is 2.02. The van der Waals surface area contributed by atoms with Gasteiger partial charge in [-0.2, -0.15) is 13.2 Å². The van der Waals surface area contributed by atoms with Gasteiger partial charge in [-0.05, 0) is 25.7 Å². The summed E-state index contributed by atoms with van der Waals surface area (Å²) < 4.78 is 43.9. The topological polar surface area (TPSA) is 55.1 Å². The molecule has 1 aromatic heterocycles. The Kier molecular flexibility index (Phi) is 5.07. The van der Waals surface area contributed by atoms with Crippen molar-refractivity contribution in [3.8, 4) is 0 Å². The molecule has 1 N–H and O–H groups in total. The van der Waals surface area contributed by atoms with Crippen LogP contribution in [0.3, 0.4) is 0 Å². The Morgan fingerprint density at radius 1 is 1.29 bits per heavy atom. The van der Waals surface area contributed by atoms with E-state index in [2.05, 4.69) is 10.5 Å². The zero-order valence-electron chi connectivity index (χ0n) is 12.9. The Morgan fingerprint density at radius 3 is 2.24 bits per heavy atom. The first kappa shape index (κ1) is 17.5. The molecule has 1 unspecified atom stereocenters. The summed E-state index contributed by atoms with van der Waals surface area (Å²) in [6, 6.07) is -1.86. The van der Waals surface area contributed by atoms with Gasteiger partial charge in [0.2, 0.25) is 5.91 Å². The first-order valence-corrected chi connectivity index (χ1v) is 6.68. The molecule has 0 saturated carbocycles. The second kappa shape index (κ2) is 6.07. The van der Waals surface area contributed by atoms with E-state index in [0.717, 1.165) is 0 Å². The molecule has 0 aromatic carbocycles. The Morgan fingerprint density at radius 2 is 1.86 bits per heavy atom. The van der Waals surface area contributed by atoms with Crippen molar-refractivity contribution < 1.29 is 22.5 Å². The van der Waals surface area contributed by atoms with Crippen molar-refractivity contribution in [1.82, 2.24) is 10.5 Å². The molecular weight excluding hydrogens is 285 g/mol. The van der Waals surface area contributed by atoms with E-state index < -0.39 is 23.5 Å². The number of alkyl halides is 3. The van der Waals surface area contributed by atoms with Crippen LogP contribution in [0.2, 0.25) is 0 Å². The molecule has 120 valence electrons. The van der Waals surface area contributed by atoms with Crippen LogP contribution in [0.25, 0.3) is 0 Å². The molecule has 1 rings (SSSR count). The number of aryl methyl sites for hydroxylation is 2. The van der Waals surface area contributed by atoms with Gasteiger partial charge in [0.05, 0.1) is 12.1 Å². The van der Waals surface area contributed by atoms with Crippen molar-refractivity contribution in [3.63, 3.8) is 0 Å². The van der Waals surface area contributed by atoms with Crippen molar-refractivity contribution in [2.24, 2.45) is 5.41 Å². The first-order chi connectivity index (χ1) is 9.40. The van der Waals surface area contributed by atoms with E-state index in [4.69, 9.17) is 4.52 Å². The van der Waals surface area contributed by atoms with Gasteiger partial charge in [0.25, 0.3) is 0 Å². The van der Waals surface area contributed by atoms with E-state index in [1.807, 2.05) is 0 Å². The number of carbonyl (C=O) groups is 1. The first-order valence-electron chi connectivity index (χ1n) is 6.68. The molecule has 21 heavy (non-hydrogen) atoms. The molecule has 0 aliphatic rings. The molecule has 0 fully saturated rings. The summed E-state index contributed by atoms with van der Waals surface area (Å²) >= 11 is 0. The molecule has 0 radical (unpaired) electrons. The zero-order chi connectivity index (χ0) is 16.4. The average Bonchev–Trinajstić information content (AvgIpc) is 2.57. The highest BCUT2D eigenvalue weighted by atomic mass is 19.4. The highest BCUT2D eigenvalue weighted by Crippen LogP contribution is 2.30. The number of aromatic nitrogens is 1. The van der Waals surface area contributed by atoms with Crippen LogP contribution in [-0.2, 0) is 11.2 Å². The molecule has 4 nitrogen and oxygen atoms in total. The molecule has 0 bridgehead atoms. The van der Waals surface area contributed by atoms with Gasteiger partial charge in [-0.1, -0.05) is 25.9 Å².